The summed E-state index contributed by atoms with van der Waals surface area (Å²) in [5, 5.41) is 3.00. The van der Waals surface area contributed by atoms with Gasteiger partial charge >= 0.3 is 7.91 Å². The monoisotopic (exact) mass is 319 g/mol. The molecule has 1 rings (SSSR count). The molecular formula is C10H11BrNO4P. The van der Waals surface area contributed by atoms with Crippen molar-refractivity contribution in [3.63, 3.8) is 0 Å². The third kappa shape index (κ3) is 5.65. The highest BCUT2D eigenvalue weighted by molar-refractivity contribution is 9.09. The zero-order valence-electron chi connectivity index (χ0n) is 8.89. The molecule has 92 valence electrons. The Bertz CT molecular complexity index is 436. The van der Waals surface area contributed by atoms with E-state index in [0.717, 1.165) is 5.56 Å². The molecule has 0 aliphatic heterocycles. The van der Waals surface area contributed by atoms with Gasteiger partial charge in [0.1, 0.15) is 5.75 Å². The average Bonchev–Trinajstić information content (AvgIpc) is 2.30. The Hall–Kier alpha value is -1.13. The molecule has 5 nitrogen and oxygen atoms in total. The molecule has 0 saturated carbocycles. The van der Waals surface area contributed by atoms with Crippen LogP contribution in [0, 0.1) is 0 Å². The molecule has 0 fully saturated rings. The van der Waals surface area contributed by atoms with Gasteiger partial charge in [0.2, 0.25) is 5.91 Å². The standard InChI is InChI=1S/C10H11BrNO4P/c11-7-10(13)12-6-5-8-1-3-9(4-2-8)16-17(14)15/h1-4H,5-7H2,(H,12,13). The minimum Gasteiger partial charge on any atom is -0.387 e. The molecule has 0 spiro atoms. The summed E-state index contributed by atoms with van der Waals surface area (Å²) in [7, 11) is -2.87. The Labute approximate surface area is 108 Å². The van der Waals surface area contributed by atoms with Gasteiger partial charge in [-0.2, -0.15) is 9.13 Å². The lowest BCUT2D eigenvalue weighted by Crippen LogP contribution is -2.26. The summed E-state index contributed by atoms with van der Waals surface area (Å²) >= 11 is 3.05. The van der Waals surface area contributed by atoms with Crippen molar-refractivity contribution in [2.45, 2.75) is 6.42 Å². The Morgan fingerprint density at radius 2 is 1.94 bits per heavy atom. The highest BCUT2D eigenvalue weighted by Gasteiger charge is 2.00. The molecular weight excluding hydrogens is 309 g/mol. The van der Waals surface area contributed by atoms with Crippen LogP contribution in [0.15, 0.2) is 24.3 Å². The van der Waals surface area contributed by atoms with Crippen molar-refractivity contribution in [2.75, 3.05) is 11.9 Å². The largest absolute Gasteiger partial charge is 0.529 e. The van der Waals surface area contributed by atoms with Gasteiger partial charge < -0.3 is 9.84 Å². The second-order valence-electron chi connectivity index (χ2n) is 3.19. The first-order chi connectivity index (χ1) is 8.11. The van der Waals surface area contributed by atoms with E-state index in [-0.39, 0.29) is 17.0 Å². The van der Waals surface area contributed by atoms with Crippen molar-refractivity contribution in [3.05, 3.63) is 29.8 Å². The molecule has 0 bridgehead atoms. The van der Waals surface area contributed by atoms with Crippen LogP contribution in [-0.4, -0.2) is 17.8 Å². The molecule has 0 atom stereocenters. The van der Waals surface area contributed by atoms with Gasteiger partial charge in [0.05, 0.1) is 5.33 Å². The third-order valence-electron chi connectivity index (χ3n) is 1.96. The van der Waals surface area contributed by atoms with Crippen LogP contribution in [0.4, 0.5) is 0 Å². The molecule has 1 amide bonds. The summed E-state index contributed by atoms with van der Waals surface area (Å²) < 4.78 is 25.1. The second kappa shape index (κ2) is 7.25. The number of halogens is 1. The molecule has 0 radical (unpaired) electrons. The van der Waals surface area contributed by atoms with Gasteiger partial charge in [0.25, 0.3) is 0 Å². The van der Waals surface area contributed by atoms with E-state index in [1.165, 1.54) is 0 Å². The van der Waals surface area contributed by atoms with Crippen LogP contribution in [0.25, 0.3) is 0 Å². The summed E-state index contributed by atoms with van der Waals surface area (Å²) in [6.45, 7) is 0.542. The number of carbonyl (C=O) groups excluding carboxylic acids is 1. The number of carbonyl (C=O) groups is 1. The van der Waals surface area contributed by atoms with Crippen molar-refractivity contribution in [1.29, 1.82) is 0 Å². The van der Waals surface area contributed by atoms with Crippen molar-refractivity contribution < 1.29 is 18.4 Å². The smallest absolute Gasteiger partial charge is 0.387 e. The molecule has 0 unspecified atom stereocenters. The number of hydrogen-bond donors (Lipinski definition) is 1. The molecule has 1 N–H and O–H groups in total. The van der Waals surface area contributed by atoms with E-state index in [4.69, 9.17) is 0 Å². The van der Waals surface area contributed by atoms with Gasteiger partial charge in [0, 0.05) is 6.54 Å². The van der Waals surface area contributed by atoms with E-state index in [9.17, 15) is 13.9 Å². The van der Waals surface area contributed by atoms with Crippen molar-refractivity contribution in [2.24, 2.45) is 0 Å². The number of benzene rings is 1. The number of hydrogen-bond acceptors (Lipinski definition) is 4. The van der Waals surface area contributed by atoms with Crippen molar-refractivity contribution >= 4 is 29.7 Å². The van der Waals surface area contributed by atoms with Gasteiger partial charge in [-0.25, -0.2) is 0 Å². The zero-order valence-corrected chi connectivity index (χ0v) is 11.4. The van der Waals surface area contributed by atoms with Crippen LogP contribution in [0.3, 0.4) is 0 Å². The SMILES string of the molecule is O=C(CBr)NCCc1ccc(OP(=O)=O)cc1. The van der Waals surface area contributed by atoms with Crippen LogP contribution in [0.1, 0.15) is 5.56 Å². The first kappa shape index (κ1) is 13.9. The minimum absolute atomic E-state index is 0.0618. The Kier molecular flexibility index (Phi) is 5.94. The quantitative estimate of drug-likeness (QED) is 0.644. The van der Waals surface area contributed by atoms with Gasteiger partial charge in [-0.1, -0.05) is 28.1 Å². The number of rotatable bonds is 6. The Morgan fingerprint density at radius 1 is 1.29 bits per heavy atom. The number of alkyl halides is 1. The van der Waals surface area contributed by atoms with Gasteiger partial charge in [0.15, 0.2) is 0 Å². The van der Waals surface area contributed by atoms with Crippen LogP contribution >= 0.6 is 23.8 Å². The highest BCUT2D eigenvalue weighted by Crippen LogP contribution is 2.18. The molecule has 17 heavy (non-hydrogen) atoms. The summed E-state index contributed by atoms with van der Waals surface area (Å²) in [5.74, 6) is 0.225. The van der Waals surface area contributed by atoms with E-state index in [0.29, 0.717) is 13.0 Å². The molecule has 0 aliphatic carbocycles. The maximum absolute atomic E-state index is 10.9. The van der Waals surface area contributed by atoms with E-state index < -0.39 is 7.91 Å². The predicted octanol–water partition coefficient (Wildman–Crippen LogP) is 2.21. The molecule has 0 aromatic heterocycles. The normalized spacial score (nSPS) is 9.71. The highest BCUT2D eigenvalue weighted by atomic mass is 79.9. The molecule has 0 heterocycles. The summed E-state index contributed by atoms with van der Waals surface area (Å²) in [4.78, 5) is 10.9. The first-order valence-corrected chi connectivity index (χ1v) is 7.07. The lowest BCUT2D eigenvalue weighted by molar-refractivity contribution is -0.118. The first-order valence-electron chi connectivity index (χ1n) is 4.86. The predicted molar refractivity (Wildman–Crippen MR) is 65.9 cm³/mol. The second-order valence-corrected chi connectivity index (χ2v) is 4.38. The van der Waals surface area contributed by atoms with E-state index in [2.05, 4.69) is 25.8 Å². The fourth-order valence-electron chi connectivity index (χ4n) is 1.20. The Balaban J connectivity index is 2.42. The zero-order chi connectivity index (χ0) is 12.7. The maximum atomic E-state index is 10.9. The minimum atomic E-state index is -2.87. The molecule has 1 aromatic rings. The molecule has 0 saturated heterocycles. The fraction of sp³-hybridized carbons (Fsp3) is 0.300. The molecule has 1 aromatic carbocycles. The molecule has 0 aliphatic rings. The topological polar surface area (TPSA) is 72.5 Å². The molecule has 7 heteroatoms. The lowest BCUT2D eigenvalue weighted by Gasteiger charge is -2.04. The fourth-order valence-corrected chi connectivity index (χ4v) is 1.69. The van der Waals surface area contributed by atoms with E-state index in [1.807, 2.05) is 0 Å². The van der Waals surface area contributed by atoms with Gasteiger partial charge in [-0.15, -0.1) is 0 Å². The third-order valence-corrected chi connectivity index (χ3v) is 2.83. The van der Waals surface area contributed by atoms with E-state index >= 15 is 0 Å². The maximum Gasteiger partial charge on any atom is 0.529 e. The number of nitrogens with one attached hydrogen (secondary N) is 1. The van der Waals surface area contributed by atoms with Crippen LogP contribution in [0.5, 0.6) is 5.75 Å². The van der Waals surface area contributed by atoms with Gasteiger partial charge in [-0.3, -0.25) is 4.79 Å². The number of amides is 1. The van der Waals surface area contributed by atoms with Crippen molar-refractivity contribution in [1.82, 2.24) is 5.32 Å². The average molecular weight is 320 g/mol. The Morgan fingerprint density at radius 3 is 2.47 bits per heavy atom. The summed E-state index contributed by atoms with van der Waals surface area (Å²) in [6, 6.07) is 6.67. The van der Waals surface area contributed by atoms with E-state index in [1.54, 1.807) is 24.3 Å². The van der Waals surface area contributed by atoms with Gasteiger partial charge in [-0.05, 0) is 24.1 Å². The van der Waals surface area contributed by atoms with Crippen LogP contribution < -0.4 is 9.84 Å². The lowest BCUT2D eigenvalue weighted by atomic mass is 10.1. The van der Waals surface area contributed by atoms with Crippen LogP contribution in [-0.2, 0) is 20.3 Å². The summed E-state index contributed by atoms with van der Waals surface area (Å²) in [5.41, 5.74) is 0.994. The summed E-state index contributed by atoms with van der Waals surface area (Å²) in [6.07, 6.45) is 0.683. The van der Waals surface area contributed by atoms with Crippen LogP contribution in [0.2, 0.25) is 0 Å². The van der Waals surface area contributed by atoms with Crippen molar-refractivity contribution in [3.8, 4) is 5.75 Å².